The number of ether oxygens (including phenoxy) is 2. The SMILES string of the molecule is O=C([O-])C1=NN(c2ccccc2)C(=O)/C1=C\c1ccc2c(c1)OCO2. The van der Waals surface area contributed by atoms with E-state index >= 15 is 0 Å². The maximum Gasteiger partial charge on any atom is 0.281 e. The first-order valence-corrected chi connectivity index (χ1v) is 7.44. The van der Waals surface area contributed by atoms with Crippen LogP contribution in [0.2, 0.25) is 0 Å². The van der Waals surface area contributed by atoms with E-state index in [9.17, 15) is 14.7 Å². The van der Waals surface area contributed by atoms with Crippen LogP contribution in [0.25, 0.3) is 6.08 Å². The van der Waals surface area contributed by atoms with Crippen molar-refractivity contribution < 1.29 is 24.2 Å². The molecule has 25 heavy (non-hydrogen) atoms. The third-order valence-corrected chi connectivity index (χ3v) is 3.78. The Labute approximate surface area is 142 Å². The minimum atomic E-state index is -1.52. The van der Waals surface area contributed by atoms with E-state index in [1.54, 1.807) is 48.5 Å². The Morgan fingerprint density at radius 1 is 1.12 bits per heavy atom. The molecule has 0 saturated heterocycles. The number of carboxylic acids is 1. The van der Waals surface area contributed by atoms with Crippen molar-refractivity contribution in [2.75, 3.05) is 11.8 Å². The molecule has 0 unspecified atom stereocenters. The standard InChI is InChI=1S/C18H12N2O5/c21-17-13(8-11-6-7-14-15(9-11)25-10-24-14)16(18(22)23)19-20(17)12-4-2-1-3-5-12/h1-9H,10H2,(H,22,23)/p-1/b13-8-. The zero-order valence-corrected chi connectivity index (χ0v) is 12.8. The van der Waals surface area contributed by atoms with Crippen LogP contribution >= 0.6 is 0 Å². The maximum atomic E-state index is 12.7. The average molecular weight is 335 g/mol. The fraction of sp³-hybridized carbons (Fsp3) is 0.0556. The molecule has 0 saturated carbocycles. The summed E-state index contributed by atoms with van der Waals surface area (Å²) in [6.07, 6.45) is 1.45. The fourth-order valence-corrected chi connectivity index (χ4v) is 2.61. The number of rotatable bonds is 3. The molecule has 4 rings (SSSR count). The number of aliphatic carboxylic acids is 1. The topological polar surface area (TPSA) is 91.3 Å². The number of carbonyl (C=O) groups excluding carboxylic acids is 2. The number of hydrogen-bond donors (Lipinski definition) is 0. The van der Waals surface area contributed by atoms with Gasteiger partial charge in [-0.1, -0.05) is 24.3 Å². The Morgan fingerprint density at radius 3 is 2.64 bits per heavy atom. The maximum absolute atomic E-state index is 12.7. The van der Waals surface area contributed by atoms with E-state index in [4.69, 9.17) is 9.47 Å². The van der Waals surface area contributed by atoms with Gasteiger partial charge >= 0.3 is 0 Å². The van der Waals surface area contributed by atoms with Crippen LogP contribution in [0, 0.1) is 0 Å². The normalized spacial score (nSPS) is 17.1. The largest absolute Gasteiger partial charge is 0.543 e. The molecule has 0 N–H and O–H groups in total. The summed E-state index contributed by atoms with van der Waals surface area (Å²) in [6, 6.07) is 13.6. The van der Waals surface area contributed by atoms with Crippen molar-refractivity contribution in [3.63, 3.8) is 0 Å². The summed E-state index contributed by atoms with van der Waals surface area (Å²) in [5, 5.41) is 16.4. The summed E-state index contributed by atoms with van der Waals surface area (Å²) < 4.78 is 10.5. The minimum Gasteiger partial charge on any atom is -0.543 e. The van der Waals surface area contributed by atoms with Crippen molar-refractivity contribution in [1.82, 2.24) is 0 Å². The van der Waals surface area contributed by atoms with E-state index in [1.807, 2.05) is 0 Å². The molecule has 2 aliphatic rings. The highest BCUT2D eigenvalue weighted by Crippen LogP contribution is 2.33. The zero-order chi connectivity index (χ0) is 17.4. The molecule has 124 valence electrons. The van der Waals surface area contributed by atoms with Gasteiger partial charge < -0.3 is 19.4 Å². The molecule has 0 fully saturated rings. The molecule has 0 spiro atoms. The summed E-state index contributed by atoms with van der Waals surface area (Å²) >= 11 is 0. The molecule has 2 aromatic rings. The van der Waals surface area contributed by atoms with E-state index < -0.39 is 17.6 Å². The number of nitrogens with zero attached hydrogens (tertiary/aromatic N) is 2. The summed E-state index contributed by atoms with van der Waals surface area (Å²) in [5.74, 6) is -0.923. The highest BCUT2D eigenvalue weighted by atomic mass is 16.7. The summed E-state index contributed by atoms with van der Waals surface area (Å²) in [5.41, 5.74) is 0.603. The summed E-state index contributed by atoms with van der Waals surface area (Å²) in [7, 11) is 0. The van der Waals surface area contributed by atoms with Gasteiger partial charge in [0.15, 0.2) is 11.5 Å². The predicted octanol–water partition coefficient (Wildman–Crippen LogP) is 0.951. The molecule has 7 nitrogen and oxygen atoms in total. The van der Waals surface area contributed by atoms with Crippen LogP contribution in [0.5, 0.6) is 11.5 Å². The monoisotopic (exact) mass is 335 g/mol. The summed E-state index contributed by atoms with van der Waals surface area (Å²) in [4.78, 5) is 24.1. The van der Waals surface area contributed by atoms with E-state index in [0.717, 1.165) is 5.01 Å². The molecule has 7 heteroatoms. The highest BCUT2D eigenvalue weighted by Gasteiger charge is 2.31. The first kappa shape index (κ1) is 14.9. The molecule has 2 aliphatic heterocycles. The van der Waals surface area contributed by atoms with Gasteiger partial charge in [0.1, 0.15) is 5.71 Å². The molecule has 0 bridgehead atoms. The molecule has 1 amide bonds. The Bertz CT molecular complexity index is 934. The predicted molar refractivity (Wildman–Crippen MR) is 86.9 cm³/mol. The molecule has 2 heterocycles. The number of amides is 1. The second-order valence-corrected chi connectivity index (χ2v) is 5.36. The van der Waals surface area contributed by atoms with Crippen molar-refractivity contribution in [2.24, 2.45) is 5.10 Å². The lowest BCUT2D eigenvalue weighted by Crippen LogP contribution is -2.32. The second-order valence-electron chi connectivity index (χ2n) is 5.36. The Morgan fingerprint density at radius 2 is 1.88 bits per heavy atom. The first-order valence-electron chi connectivity index (χ1n) is 7.44. The highest BCUT2D eigenvalue weighted by molar-refractivity contribution is 6.53. The number of carboxylic acid groups (broad SMARTS) is 1. The van der Waals surface area contributed by atoms with Gasteiger partial charge in [0.2, 0.25) is 6.79 Å². The zero-order valence-electron chi connectivity index (χ0n) is 12.8. The molecule has 0 aromatic heterocycles. The van der Waals surface area contributed by atoms with Crippen molar-refractivity contribution in [3.8, 4) is 11.5 Å². The lowest BCUT2D eigenvalue weighted by atomic mass is 10.1. The number of hydrazone groups is 1. The fourth-order valence-electron chi connectivity index (χ4n) is 2.61. The van der Waals surface area contributed by atoms with Crippen molar-refractivity contribution in [3.05, 3.63) is 59.7 Å². The molecule has 0 atom stereocenters. The van der Waals surface area contributed by atoms with Crippen LogP contribution in [-0.2, 0) is 9.59 Å². The minimum absolute atomic E-state index is 0.0530. The van der Waals surface area contributed by atoms with Crippen LogP contribution in [0.4, 0.5) is 5.69 Å². The number of carbonyl (C=O) groups is 2. The third kappa shape index (κ3) is 2.61. The van der Waals surface area contributed by atoms with E-state index in [-0.39, 0.29) is 12.4 Å². The van der Waals surface area contributed by atoms with Crippen LogP contribution in [-0.4, -0.2) is 24.4 Å². The second kappa shape index (κ2) is 5.79. The van der Waals surface area contributed by atoms with Gasteiger partial charge in [0.05, 0.1) is 17.2 Å². The van der Waals surface area contributed by atoms with Gasteiger partial charge in [-0.2, -0.15) is 10.1 Å². The molecule has 2 aromatic carbocycles. The Kier molecular flexibility index (Phi) is 3.46. The van der Waals surface area contributed by atoms with Crippen molar-refractivity contribution >= 4 is 29.4 Å². The number of fused-ring (bicyclic) bond motifs is 1. The number of anilines is 1. The van der Waals surface area contributed by atoms with Gasteiger partial charge in [0.25, 0.3) is 5.91 Å². The number of benzene rings is 2. The van der Waals surface area contributed by atoms with Crippen LogP contribution < -0.4 is 19.6 Å². The van der Waals surface area contributed by atoms with E-state index in [1.165, 1.54) is 6.08 Å². The van der Waals surface area contributed by atoms with Crippen LogP contribution in [0.15, 0.2) is 59.2 Å². The third-order valence-electron chi connectivity index (χ3n) is 3.78. The smallest absolute Gasteiger partial charge is 0.281 e. The average Bonchev–Trinajstić information content (AvgIpc) is 3.21. The summed E-state index contributed by atoms with van der Waals surface area (Å²) in [6.45, 7) is 0.127. The first-order chi connectivity index (χ1) is 12.1. The molecule has 0 aliphatic carbocycles. The van der Waals surface area contributed by atoms with Crippen LogP contribution in [0.3, 0.4) is 0 Å². The van der Waals surface area contributed by atoms with E-state index in [2.05, 4.69) is 5.10 Å². The van der Waals surface area contributed by atoms with Crippen LogP contribution in [0.1, 0.15) is 5.56 Å². The Hall–Kier alpha value is -3.61. The number of para-hydroxylation sites is 1. The van der Waals surface area contributed by atoms with Gasteiger partial charge in [-0.3, -0.25) is 4.79 Å². The van der Waals surface area contributed by atoms with Gasteiger partial charge in [-0.15, -0.1) is 0 Å². The molecular formula is C18H11N2O5-. The molecule has 0 radical (unpaired) electrons. The lowest BCUT2D eigenvalue weighted by Gasteiger charge is -2.10. The quantitative estimate of drug-likeness (QED) is 0.779. The Balaban J connectivity index is 1.74. The van der Waals surface area contributed by atoms with Gasteiger partial charge in [-0.05, 0) is 35.9 Å². The lowest BCUT2D eigenvalue weighted by molar-refractivity contribution is -0.294. The van der Waals surface area contributed by atoms with Gasteiger partial charge in [-0.25, -0.2) is 0 Å². The van der Waals surface area contributed by atoms with Crippen molar-refractivity contribution in [1.29, 1.82) is 0 Å². The van der Waals surface area contributed by atoms with Crippen molar-refractivity contribution in [2.45, 2.75) is 0 Å². The number of hydrogen-bond acceptors (Lipinski definition) is 6. The van der Waals surface area contributed by atoms with E-state index in [0.29, 0.717) is 22.7 Å². The van der Waals surface area contributed by atoms with Gasteiger partial charge in [0, 0.05) is 0 Å². The molecular weight excluding hydrogens is 324 g/mol.